The third-order valence-corrected chi connectivity index (χ3v) is 4.71. The number of aryl methyl sites for hydroxylation is 1. The molecule has 1 saturated heterocycles. The number of aromatic nitrogens is 3. The van der Waals surface area contributed by atoms with Crippen LogP contribution in [0.25, 0.3) is 0 Å². The molecule has 3 rings (SSSR count). The van der Waals surface area contributed by atoms with Gasteiger partial charge in [0.05, 0.1) is 12.1 Å². The lowest BCUT2D eigenvalue weighted by molar-refractivity contribution is 0.357. The topological polar surface area (TPSA) is 66.8 Å². The fraction of sp³-hybridized carbons (Fsp3) is 0.556. The molecule has 25 heavy (non-hydrogen) atoms. The van der Waals surface area contributed by atoms with E-state index in [1.54, 1.807) is 6.33 Å². The van der Waals surface area contributed by atoms with Crippen LogP contribution in [0.1, 0.15) is 43.7 Å². The highest BCUT2D eigenvalue weighted by Crippen LogP contribution is 2.26. The maximum absolute atomic E-state index is 13.2. The van der Waals surface area contributed by atoms with Crippen molar-refractivity contribution in [1.82, 2.24) is 30.9 Å². The first-order chi connectivity index (χ1) is 12.0. The molecule has 0 amide bonds. The maximum Gasteiger partial charge on any atom is 0.143 e. The second-order valence-corrected chi connectivity index (χ2v) is 7.15. The highest BCUT2D eigenvalue weighted by atomic mass is 19.1. The van der Waals surface area contributed by atoms with Gasteiger partial charge in [-0.15, -0.1) is 0 Å². The molecule has 3 unspecified atom stereocenters. The highest BCUT2D eigenvalue weighted by Gasteiger charge is 2.29. The molecule has 3 atom stereocenters. The summed E-state index contributed by atoms with van der Waals surface area (Å²) >= 11 is 0. The van der Waals surface area contributed by atoms with Crippen LogP contribution in [-0.4, -0.2) is 27.9 Å². The molecule has 0 radical (unpaired) electrons. The van der Waals surface area contributed by atoms with Crippen molar-refractivity contribution in [1.29, 1.82) is 0 Å². The Balaban J connectivity index is 1.67. The Morgan fingerprint density at radius 1 is 1.32 bits per heavy atom. The van der Waals surface area contributed by atoms with Crippen molar-refractivity contribution < 1.29 is 4.39 Å². The molecule has 0 aliphatic carbocycles. The molecule has 136 valence electrons. The predicted octanol–water partition coefficient (Wildman–Crippen LogP) is 2.10. The van der Waals surface area contributed by atoms with E-state index in [0.717, 1.165) is 30.9 Å². The van der Waals surface area contributed by atoms with Crippen LogP contribution < -0.4 is 16.2 Å². The molecule has 1 fully saturated rings. The minimum Gasteiger partial charge on any atom is -0.307 e. The molecular weight excluding hydrogens is 319 g/mol. The second kappa shape index (κ2) is 8.03. The highest BCUT2D eigenvalue weighted by molar-refractivity contribution is 5.21. The zero-order chi connectivity index (χ0) is 17.8. The number of rotatable bonds is 7. The zero-order valence-electron chi connectivity index (χ0n) is 15.0. The summed E-state index contributed by atoms with van der Waals surface area (Å²) in [6.45, 7) is 6.13. The van der Waals surface area contributed by atoms with Crippen molar-refractivity contribution in [3.63, 3.8) is 0 Å². The van der Waals surface area contributed by atoms with Gasteiger partial charge in [-0.1, -0.05) is 26.0 Å². The molecule has 1 aliphatic rings. The average molecular weight is 346 g/mol. The van der Waals surface area contributed by atoms with Crippen LogP contribution in [0.15, 0.2) is 30.6 Å². The molecule has 0 saturated carbocycles. The van der Waals surface area contributed by atoms with Gasteiger partial charge in [0.25, 0.3) is 0 Å². The number of nitrogens with one attached hydrogen (secondary N) is 3. The van der Waals surface area contributed by atoms with E-state index >= 15 is 0 Å². The van der Waals surface area contributed by atoms with E-state index < -0.39 is 0 Å². The van der Waals surface area contributed by atoms with Crippen LogP contribution in [0.4, 0.5) is 4.39 Å². The standard InChI is InChI=1S/C18H27FN6/c1-12(2)8-16(18-21-11-23-25(18)3)20-9-14-10-22-24-17(14)13-4-6-15(19)7-5-13/h4-7,11-12,14,16-17,20,22,24H,8-10H2,1-3H3. The van der Waals surface area contributed by atoms with Crippen molar-refractivity contribution in [3.8, 4) is 0 Å². The Morgan fingerprint density at radius 2 is 2.08 bits per heavy atom. The van der Waals surface area contributed by atoms with Crippen molar-refractivity contribution in [3.05, 3.63) is 47.8 Å². The molecule has 0 bridgehead atoms. The van der Waals surface area contributed by atoms with Gasteiger partial charge in [-0.2, -0.15) is 5.10 Å². The van der Waals surface area contributed by atoms with E-state index in [1.807, 2.05) is 23.9 Å². The summed E-state index contributed by atoms with van der Waals surface area (Å²) in [5.41, 5.74) is 7.63. The van der Waals surface area contributed by atoms with Crippen LogP contribution in [0.3, 0.4) is 0 Å². The van der Waals surface area contributed by atoms with Gasteiger partial charge < -0.3 is 5.32 Å². The third kappa shape index (κ3) is 4.42. The lowest BCUT2D eigenvalue weighted by Crippen LogP contribution is -2.33. The van der Waals surface area contributed by atoms with Gasteiger partial charge >= 0.3 is 0 Å². The Morgan fingerprint density at radius 3 is 2.72 bits per heavy atom. The molecule has 1 aromatic heterocycles. The van der Waals surface area contributed by atoms with Gasteiger partial charge in [0.1, 0.15) is 18.0 Å². The summed E-state index contributed by atoms with van der Waals surface area (Å²) in [6.07, 6.45) is 2.60. The zero-order valence-corrected chi connectivity index (χ0v) is 15.0. The van der Waals surface area contributed by atoms with Crippen molar-refractivity contribution in [2.45, 2.75) is 32.4 Å². The van der Waals surface area contributed by atoms with E-state index in [0.29, 0.717) is 11.8 Å². The van der Waals surface area contributed by atoms with Crippen molar-refractivity contribution >= 4 is 0 Å². The van der Waals surface area contributed by atoms with Crippen LogP contribution in [0.5, 0.6) is 0 Å². The molecule has 2 aromatic rings. The Labute approximate surface area is 148 Å². The normalized spacial score (nSPS) is 21.8. The lowest BCUT2D eigenvalue weighted by Gasteiger charge is -2.24. The molecular formula is C18H27FN6. The Kier molecular flexibility index (Phi) is 5.78. The van der Waals surface area contributed by atoms with Gasteiger partial charge in [-0.25, -0.2) is 14.8 Å². The monoisotopic (exact) mass is 346 g/mol. The third-order valence-electron chi connectivity index (χ3n) is 4.71. The second-order valence-electron chi connectivity index (χ2n) is 7.15. The number of hydrazine groups is 1. The number of halogens is 1. The molecule has 1 aromatic carbocycles. The largest absolute Gasteiger partial charge is 0.307 e. The summed E-state index contributed by atoms with van der Waals surface area (Å²) in [5, 5.41) is 7.87. The quantitative estimate of drug-likeness (QED) is 0.716. The molecule has 0 spiro atoms. The summed E-state index contributed by atoms with van der Waals surface area (Å²) in [6, 6.07) is 7.05. The predicted molar refractivity (Wildman–Crippen MR) is 95.0 cm³/mol. The van der Waals surface area contributed by atoms with Crippen LogP contribution in [-0.2, 0) is 7.05 Å². The van der Waals surface area contributed by atoms with Crippen LogP contribution in [0, 0.1) is 17.7 Å². The van der Waals surface area contributed by atoms with E-state index in [9.17, 15) is 4.39 Å². The molecule has 6 nitrogen and oxygen atoms in total. The lowest BCUT2D eigenvalue weighted by atomic mass is 9.94. The summed E-state index contributed by atoms with van der Waals surface area (Å²) in [5.74, 6) is 1.69. The first-order valence-corrected chi connectivity index (χ1v) is 8.85. The smallest absolute Gasteiger partial charge is 0.143 e. The summed E-state index contributed by atoms with van der Waals surface area (Å²) in [7, 11) is 1.93. The Bertz CT molecular complexity index is 668. The Hall–Kier alpha value is -1.83. The fourth-order valence-corrected chi connectivity index (χ4v) is 3.42. The molecule has 1 aliphatic heterocycles. The minimum atomic E-state index is -0.205. The van der Waals surface area contributed by atoms with E-state index in [2.05, 4.69) is 40.1 Å². The minimum absolute atomic E-state index is 0.160. The van der Waals surface area contributed by atoms with Gasteiger partial charge in [-0.3, -0.25) is 10.1 Å². The van der Waals surface area contributed by atoms with Gasteiger partial charge in [0.2, 0.25) is 0 Å². The number of hydrogen-bond donors (Lipinski definition) is 3. The average Bonchev–Trinajstić information content (AvgIpc) is 3.21. The molecule has 3 N–H and O–H groups in total. The van der Waals surface area contributed by atoms with E-state index in [1.165, 1.54) is 12.1 Å². The van der Waals surface area contributed by atoms with Gasteiger partial charge in [0.15, 0.2) is 0 Å². The number of hydrogen-bond acceptors (Lipinski definition) is 5. The molecule has 7 heteroatoms. The number of benzene rings is 1. The molecule has 2 heterocycles. The van der Waals surface area contributed by atoms with E-state index in [4.69, 9.17) is 0 Å². The van der Waals surface area contributed by atoms with Crippen molar-refractivity contribution in [2.75, 3.05) is 13.1 Å². The first-order valence-electron chi connectivity index (χ1n) is 8.85. The van der Waals surface area contributed by atoms with Crippen molar-refractivity contribution in [2.24, 2.45) is 18.9 Å². The van der Waals surface area contributed by atoms with Crippen LogP contribution in [0.2, 0.25) is 0 Å². The SMILES string of the molecule is CC(C)CC(NCC1CNNC1c1ccc(F)cc1)c1ncnn1C. The van der Waals surface area contributed by atoms with Gasteiger partial charge in [-0.05, 0) is 30.0 Å². The number of nitrogens with zero attached hydrogens (tertiary/aromatic N) is 3. The first kappa shape index (κ1) is 18.0. The maximum atomic E-state index is 13.2. The summed E-state index contributed by atoms with van der Waals surface area (Å²) < 4.78 is 15.0. The van der Waals surface area contributed by atoms with Gasteiger partial charge in [0, 0.05) is 26.1 Å². The van der Waals surface area contributed by atoms with E-state index in [-0.39, 0.29) is 17.9 Å². The summed E-state index contributed by atoms with van der Waals surface area (Å²) in [4.78, 5) is 4.42. The fourth-order valence-electron chi connectivity index (χ4n) is 3.42. The van der Waals surface area contributed by atoms with Crippen LogP contribution >= 0.6 is 0 Å².